The molecule has 0 aromatic heterocycles. The van der Waals surface area contributed by atoms with E-state index in [4.69, 9.17) is 4.74 Å². The van der Waals surface area contributed by atoms with E-state index in [1.807, 2.05) is 12.1 Å². The van der Waals surface area contributed by atoms with Gasteiger partial charge in [-0.3, -0.25) is 4.79 Å². The number of carbonyl (C=O) groups excluding carboxylic acids is 2. The predicted molar refractivity (Wildman–Crippen MR) is 115 cm³/mol. The van der Waals surface area contributed by atoms with Gasteiger partial charge >= 0.3 is 5.97 Å². The van der Waals surface area contributed by atoms with E-state index >= 15 is 0 Å². The van der Waals surface area contributed by atoms with E-state index in [9.17, 15) is 9.59 Å². The molecule has 0 heterocycles. The second-order valence-corrected chi connectivity index (χ2v) is 7.25. The normalized spacial score (nSPS) is 10.8. The average molecular weight is 445 g/mol. The van der Waals surface area contributed by atoms with Gasteiger partial charge in [0.2, 0.25) is 5.91 Å². The predicted octanol–water partition coefficient (Wildman–Crippen LogP) is 5.48. The van der Waals surface area contributed by atoms with Gasteiger partial charge in [-0.2, -0.15) is 5.10 Å². The largest absolute Gasteiger partial charge is 0.423 e. The molecule has 0 saturated carbocycles. The van der Waals surface area contributed by atoms with Crippen LogP contribution >= 0.6 is 15.9 Å². The molecule has 5 nitrogen and oxygen atoms in total. The minimum absolute atomic E-state index is 0.0933. The molecule has 2 aromatic carbocycles. The molecule has 28 heavy (non-hydrogen) atoms. The van der Waals surface area contributed by atoms with E-state index in [-0.39, 0.29) is 5.91 Å². The van der Waals surface area contributed by atoms with Crippen LogP contribution in [0.2, 0.25) is 0 Å². The minimum atomic E-state index is -0.446. The van der Waals surface area contributed by atoms with Crippen molar-refractivity contribution in [1.29, 1.82) is 0 Å². The highest BCUT2D eigenvalue weighted by Gasteiger charge is 2.11. The minimum Gasteiger partial charge on any atom is -0.423 e. The summed E-state index contributed by atoms with van der Waals surface area (Å²) in [6.07, 6.45) is 7.51. The Labute approximate surface area is 174 Å². The first-order valence-electron chi connectivity index (χ1n) is 9.49. The molecule has 1 amide bonds. The summed E-state index contributed by atoms with van der Waals surface area (Å²) in [5.41, 5.74) is 3.71. The number of hydrogen-bond acceptors (Lipinski definition) is 4. The number of carbonyl (C=O) groups is 2. The number of hydrogen-bond donors (Lipinski definition) is 1. The molecule has 0 unspecified atom stereocenters. The van der Waals surface area contributed by atoms with Gasteiger partial charge in [-0.1, -0.05) is 56.9 Å². The highest BCUT2D eigenvalue weighted by Crippen LogP contribution is 2.19. The van der Waals surface area contributed by atoms with E-state index in [1.54, 1.807) is 36.4 Å². The number of nitrogens with zero attached hydrogens (tertiary/aromatic N) is 1. The maximum atomic E-state index is 12.3. The molecule has 0 radical (unpaired) electrons. The van der Waals surface area contributed by atoms with E-state index in [0.29, 0.717) is 22.2 Å². The van der Waals surface area contributed by atoms with Crippen molar-refractivity contribution in [2.24, 2.45) is 5.10 Å². The lowest BCUT2D eigenvalue weighted by atomic mass is 10.1. The molecule has 6 heteroatoms. The summed E-state index contributed by atoms with van der Waals surface area (Å²) in [5, 5.41) is 3.98. The van der Waals surface area contributed by atoms with Gasteiger partial charge in [0.15, 0.2) is 0 Å². The number of esters is 1. The van der Waals surface area contributed by atoms with Crippen molar-refractivity contribution in [3.8, 4) is 5.75 Å². The highest BCUT2D eigenvalue weighted by atomic mass is 79.9. The Morgan fingerprint density at radius 3 is 2.64 bits per heavy atom. The number of nitrogens with one attached hydrogen (secondary N) is 1. The first-order valence-corrected chi connectivity index (χ1v) is 10.3. The number of benzene rings is 2. The van der Waals surface area contributed by atoms with Gasteiger partial charge in [0.25, 0.3) is 0 Å². The van der Waals surface area contributed by atoms with Crippen molar-refractivity contribution in [3.63, 3.8) is 0 Å². The maximum Gasteiger partial charge on any atom is 0.344 e. The third-order valence-corrected chi connectivity index (χ3v) is 4.76. The summed E-state index contributed by atoms with van der Waals surface area (Å²) in [6.45, 7) is 2.16. The topological polar surface area (TPSA) is 67.8 Å². The Kier molecular flexibility index (Phi) is 9.42. The number of rotatable bonds is 10. The molecular weight excluding hydrogens is 420 g/mol. The van der Waals surface area contributed by atoms with E-state index in [1.165, 1.54) is 19.1 Å². The first-order chi connectivity index (χ1) is 13.6. The van der Waals surface area contributed by atoms with Crippen molar-refractivity contribution >= 4 is 34.0 Å². The van der Waals surface area contributed by atoms with Crippen LogP contribution in [0.15, 0.2) is 58.1 Å². The summed E-state index contributed by atoms with van der Waals surface area (Å²) in [5.74, 6) is -0.130. The third kappa shape index (κ3) is 7.64. The SMILES string of the molecule is CCCCCCCC(=O)NN=Cc1cccc(OC(=O)c2ccccc2Br)c1. The van der Waals surface area contributed by atoms with Crippen LogP contribution in [0.4, 0.5) is 0 Å². The molecule has 148 valence electrons. The lowest BCUT2D eigenvalue weighted by Crippen LogP contribution is -2.16. The van der Waals surface area contributed by atoms with Gasteiger partial charge in [-0.25, -0.2) is 10.2 Å². The second-order valence-electron chi connectivity index (χ2n) is 6.40. The maximum absolute atomic E-state index is 12.3. The van der Waals surface area contributed by atoms with Gasteiger partial charge in [0, 0.05) is 10.9 Å². The van der Waals surface area contributed by atoms with Crippen LogP contribution < -0.4 is 10.2 Å². The average Bonchev–Trinajstić information content (AvgIpc) is 2.68. The summed E-state index contributed by atoms with van der Waals surface area (Å²) < 4.78 is 6.09. The number of ether oxygens (including phenoxy) is 1. The Hall–Kier alpha value is -2.47. The van der Waals surface area contributed by atoms with E-state index < -0.39 is 5.97 Å². The van der Waals surface area contributed by atoms with Gasteiger partial charge < -0.3 is 4.74 Å². The van der Waals surface area contributed by atoms with Crippen molar-refractivity contribution in [1.82, 2.24) is 5.43 Å². The molecule has 0 spiro atoms. The third-order valence-electron chi connectivity index (χ3n) is 4.07. The Balaban J connectivity index is 1.84. The van der Waals surface area contributed by atoms with E-state index in [0.717, 1.165) is 24.8 Å². The molecule has 0 aliphatic carbocycles. The molecule has 0 aliphatic rings. The van der Waals surface area contributed by atoms with Crippen LogP contribution in [0, 0.1) is 0 Å². The van der Waals surface area contributed by atoms with Crippen molar-refractivity contribution in [2.75, 3.05) is 0 Å². The molecule has 1 N–H and O–H groups in total. The van der Waals surface area contributed by atoms with Crippen LogP contribution in [0.25, 0.3) is 0 Å². The van der Waals surface area contributed by atoms with Gasteiger partial charge in [0.1, 0.15) is 5.75 Å². The smallest absolute Gasteiger partial charge is 0.344 e. The Morgan fingerprint density at radius 1 is 1.07 bits per heavy atom. The molecule has 0 fully saturated rings. The highest BCUT2D eigenvalue weighted by molar-refractivity contribution is 9.10. The monoisotopic (exact) mass is 444 g/mol. The molecule has 0 bridgehead atoms. The van der Waals surface area contributed by atoms with Crippen LogP contribution in [0.3, 0.4) is 0 Å². The summed E-state index contributed by atoms with van der Waals surface area (Å²) >= 11 is 3.34. The lowest BCUT2D eigenvalue weighted by molar-refractivity contribution is -0.121. The second kappa shape index (κ2) is 12.1. The van der Waals surface area contributed by atoms with Crippen molar-refractivity contribution in [2.45, 2.75) is 45.4 Å². The fourth-order valence-corrected chi connectivity index (χ4v) is 3.02. The molecule has 0 saturated heterocycles. The molecule has 0 atom stereocenters. The summed E-state index contributed by atoms with van der Waals surface area (Å²) in [4.78, 5) is 24.0. The van der Waals surface area contributed by atoms with E-state index in [2.05, 4.69) is 33.4 Å². The van der Waals surface area contributed by atoms with Crippen LogP contribution in [-0.4, -0.2) is 18.1 Å². The zero-order valence-corrected chi connectivity index (χ0v) is 17.6. The molecular formula is C22H25BrN2O3. The number of unbranched alkanes of at least 4 members (excludes halogenated alkanes) is 4. The standard InChI is InChI=1S/C22H25BrN2O3/c1-2-3-4-5-6-14-21(26)25-24-16-17-10-9-11-18(15-17)28-22(27)19-12-7-8-13-20(19)23/h7-13,15-16H,2-6,14H2,1H3,(H,25,26). The van der Waals surface area contributed by atoms with Gasteiger partial charge in [-0.15, -0.1) is 0 Å². The first kappa shape index (κ1) is 21.8. The number of hydrazone groups is 1. The van der Waals surface area contributed by atoms with Gasteiger partial charge in [-0.05, 0) is 52.2 Å². The number of amides is 1. The van der Waals surface area contributed by atoms with Gasteiger partial charge in [0.05, 0.1) is 11.8 Å². The number of halogens is 1. The molecule has 2 rings (SSSR count). The summed E-state index contributed by atoms with van der Waals surface area (Å²) in [7, 11) is 0. The fourth-order valence-electron chi connectivity index (χ4n) is 2.57. The van der Waals surface area contributed by atoms with Crippen molar-refractivity contribution < 1.29 is 14.3 Å². The van der Waals surface area contributed by atoms with Crippen LogP contribution in [0.1, 0.15) is 61.4 Å². The molecule has 0 aliphatic heterocycles. The molecule has 2 aromatic rings. The Bertz CT molecular complexity index is 821. The van der Waals surface area contributed by atoms with Crippen LogP contribution in [-0.2, 0) is 4.79 Å². The Morgan fingerprint density at radius 2 is 1.86 bits per heavy atom. The lowest BCUT2D eigenvalue weighted by Gasteiger charge is -2.06. The zero-order valence-electron chi connectivity index (χ0n) is 16.0. The van der Waals surface area contributed by atoms with Crippen molar-refractivity contribution in [3.05, 3.63) is 64.1 Å². The quantitative estimate of drug-likeness (QED) is 0.173. The van der Waals surface area contributed by atoms with Crippen LogP contribution in [0.5, 0.6) is 5.75 Å². The zero-order chi connectivity index (χ0) is 20.2. The fraction of sp³-hybridized carbons (Fsp3) is 0.318. The summed E-state index contributed by atoms with van der Waals surface area (Å²) in [6, 6.07) is 14.0.